The second-order valence-corrected chi connectivity index (χ2v) is 5.71. The van der Waals surface area contributed by atoms with Gasteiger partial charge in [0.1, 0.15) is 13.2 Å². The van der Waals surface area contributed by atoms with Crippen molar-refractivity contribution in [3.63, 3.8) is 0 Å². The number of amides is 1. The monoisotopic (exact) mass is 302 g/mol. The molecule has 5 heteroatoms. The van der Waals surface area contributed by atoms with Gasteiger partial charge >= 0.3 is 0 Å². The van der Waals surface area contributed by atoms with Crippen LogP contribution in [0.15, 0.2) is 18.2 Å². The Labute approximate surface area is 131 Å². The van der Waals surface area contributed by atoms with Gasteiger partial charge in [-0.1, -0.05) is 19.9 Å². The molecule has 0 unspecified atom stereocenters. The molecule has 2 rings (SSSR count). The first-order valence-electron chi connectivity index (χ1n) is 7.68. The van der Waals surface area contributed by atoms with E-state index in [4.69, 9.17) is 14.7 Å². The zero-order chi connectivity index (χ0) is 15.9. The molecule has 22 heavy (non-hydrogen) atoms. The standard InChI is InChI=1S/C17H22N2O3/c1-13(2)7-10-19(9-4-8-18)17(20)14-5-3-6-15-16(14)22-12-11-21-15/h3,5-6,13H,4,7,9-12H2,1-2H3. The maximum Gasteiger partial charge on any atom is 0.257 e. The summed E-state index contributed by atoms with van der Waals surface area (Å²) >= 11 is 0. The van der Waals surface area contributed by atoms with Gasteiger partial charge in [-0.25, -0.2) is 0 Å². The molecular weight excluding hydrogens is 280 g/mol. The lowest BCUT2D eigenvalue weighted by Gasteiger charge is -2.26. The maximum absolute atomic E-state index is 12.8. The fraction of sp³-hybridized carbons (Fsp3) is 0.529. The van der Waals surface area contributed by atoms with Crippen molar-refractivity contribution in [3.05, 3.63) is 23.8 Å². The molecule has 1 aromatic rings. The van der Waals surface area contributed by atoms with Crippen LogP contribution in [0.4, 0.5) is 0 Å². The van der Waals surface area contributed by atoms with E-state index in [0.717, 1.165) is 6.42 Å². The summed E-state index contributed by atoms with van der Waals surface area (Å²) in [6, 6.07) is 7.46. The zero-order valence-corrected chi connectivity index (χ0v) is 13.2. The number of carbonyl (C=O) groups excluding carboxylic acids is 1. The van der Waals surface area contributed by atoms with Crippen molar-refractivity contribution in [2.75, 3.05) is 26.3 Å². The summed E-state index contributed by atoms with van der Waals surface area (Å²) < 4.78 is 11.1. The second kappa shape index (κ2) is 7.69. The third kappa shape index (κ3) is 3.91. The Kier molecular flexibility index (Phi) is 5.65. The topological polar surface area (TPSA) is 62.6 Å². The molecule has 0 aromatic heterocycles. The molecule has 1 aliphatic rings. The molecule has 0 saturated carbocycles. The fourth-order valence-electron chi connectivity index (χ4n) is 2.33. The number of fused-ring (bicyclic) bond motifs is 1. The first-order valence-corrected chi connectivity index (χ1v) is 7.68. The fourth-order valence-corrected chi connectivity index (χ4v) is 2.33. The van der Waals surface area contributed by atoms with Crippen LogP contribution in [0.5, 0.6) is 11.5 Å². The highest BCUT2D eigenvalue weighted by Gasteiger charge is 2.24. The summed E-state index contributed by atoms with van der Waals surface area (Å²) in [6.07, 6.45) is 1.24. The van der Waals surface area contributed by atoms with Gasteiger partial charge in [0.15, 0.2) is 11.5 Å². The number of benzene rings is 1. The van der Waals surface area contributed by atoms with E-state index in [1.807, 2.05) is 0 Å². The van der Waals surface area contributed by atoms with Crippen LogP contribution in [0.25, 0.3) is 0 Å². The first kappa shape index (κ1) is 16.2. The van der Waals surface area contributed by atoms with E-state index >= 15 is 0 Å². The van der Waals surface area contributed by atoms with Crippen LogP contribution < -0.4 is 9.47 Å². The zero-order valence-electron chi connectivity index (χ0n) is 13.2. The van der Waals surface area contributed by atoms with E-state index in [1.165, 1.54) is 0 Å². The summed E-state index contributed by atoms with van der Waals surface area (Å²) in [4.78, 5) is 14.5. The first-order chi connectivity index (χ1) is 10.6. The van der Waals surface area contributed by atoms with Gasteiger partial charge in [0.2, 0.25) is 0 Å². The Hall–Kier alpha value is -2.22. The van der Waals surface area contributed by atoms with Crippen molar-refractivity contribution in [2.24, 2.45) is 5.92 Å². The normalized spacial score (nSPS) is 12.8. The lowest BCUT2D eigenvalue weighted by molar-refractivity contribution is 0.0741. The van der Waals surface area contributed by atoms with Crippen LogP contribution in [0.3, 0.4) is 0 Å². The highest BCUT2D eigenvalue weighted by Crippen LogP contribution is 2.34. The van der Waals surface area contributed by atoms with Crippen LogP contribution in [-0.2, 0) is 0 Å². The van der Waals surface area contributed by atoms with Gasteiger partial charge in [0.05, 0.1) is 18.1 Å². The van der Waals surface area contributed by atoms with Crippen molar-refractivity contribution in [1.29, 1.82) is 5.26 Å². The van der Waals surface area contributed by atoms with Crippen LogP contribution in [-0.4, -0.2) is 37.1 Å². The van der Waals surface area contributed by atoms with E-state index < -0.39 is 0 Å². The molecule has 0 bridgehead atoms. The number of hydrogen-bond donors (Lipinski definition) is 0. The predicted molar refractivity (Wildman–Crippen MR) is 83.0 cm³/mol. The number of hydrogen-bond acceptors (Lipinski definition) is 4. The minimum absolute atomic E-state index is 0.0988. The maximum atomic E-state index is 12.8. The highest BCUT2D eigenvalue weighted by molar-refractivity contribution is 5.97. The molecule has 1 amide bonds. The molecule has 0 saturated heterocycles. The molecule has 0 aliphatic carbocycles. The van der Waals surface area contributed by atoms with Gasteiger partial charge in [0.25, 0.3) is 5.91 Å². The molecule has 5 nitrogen and oxygen atoms in total. The number of nitrogens with zero attached hydrogens (tertiary/aromatic N) is 2. The molecule has 0 atom stereocenters. The van der Waals surface area contributed by atoms with Crippen molar-refractivity contribution in [2.45, 2.75) is 26.7 Å². The summed E-state index contributed by atoms with van der Waals surface area (Å²) in [7, 11) is 0. The van der Waals surface area contributed by atoms with Crippen molar-refractivity contribution in [1.82, 2.24) is 4.90 Å². The van der Waals surface area contributed by atoms with Crippen molar-refractivity contribution < 1.29 is 14.3 Å². The molecule has 118 valence electrons. The summed E-state index contributed by atoms with van der Waals surface area (Å²) in [5.41, 5.74) is 0.513. The average Bonchev–Trinajstić information content (AvgIpc) is 2.53. The third-order valence-electron chi connectivity index (χ3n) is 3.55. The van der Waals surface area contributed by atoms with Gasteiger partial charge in [-0.15, -0.1) is 0 Å². The number of rotatable bonds is 6. The molecule has 0 fully saturated rings. The smallest absolute Gasteiger partial charge is 0.257 e. The third-order valence-corrected chi connectivity index (χ3v) is 3.55. The molecule has 1 aromatic carbocycles. The van der Waals surface area contributed by atoms with E-state index in [-0.39, 0.29) is 5.91 Å². The predicted octanol–water partition coefficient (Wildman–Crippen LogP) is 2.86. The molecular formula is C17H22N2O3. The minimum Gasteiger partial charge on any atom is -0.486 e. The van der Waals surface area contributed by atoms with Gasteiger partial charge in [-0.3, -0.25) is 4.79 Å². The van der Waals surface area contributed by atoms with Crippen molar-refractivity contribution in [3.8, 4) is 17.6 Å². The Morgan fingerprint density at radius 2 is 2.09 bits per heavy atom. The lowest BCUT2D eigenvalue weighted by Crippen LogP contribution is -2.34. The largest absolute Gasteiger partial charge is 0.486 e. The van der Waals surface area contributed by atoms with E-state index in [2.05, 4.69) is 19.9 Å². The Bertz CT molecular complexity index is 564. The van der Waals surface area contributed by atoms with Gasteiger partial charge in [-0.05, 0) is 24.5 Å². The van der Waals surface area contributed by atoms with Crippen LogP contribution >= 0.6 is 0 Å². The number of para-hydroxylation sites is 1. The Balaban J connectivity index is 2.20. The van der Waals surface area contributed by atoms with Crippen molar-refractivity contribution >= 4 is 5.91 Å². The van der Waals surface area contributed by atoms with Crippen LogP contribution in [0.1, 0.15) is 37.0 Å². The SMILES string of the molecule is CC(C)CCN(CCC#N)C(=O)c1cccc2c1OCCO2. The van der Waals surface area contributed by atoms with Crippen LogP contribution in [0, 0.1) is 17.2 Å². The Morgan fingerprint density at radius 1 is 1.32 bits per heavy atom. The number of nitriles is 1. The minimum atomic E-state index is -0.0988. The summed E-state index contributed by atoms with van der Waals surface area (Å²) in [5, 5.41) is 8.80. The number of carbonyl (C=O) groups is 1. The number of ether oxygens (including phenoxy) is 2. The van der Waals surface area contributed by atoms with E-state index in [0.29, 0.717) is 55.7 Å². The molecule has 0 spiro atoms. The van der Waals surface area contributed by atoms with Gasteiger partial charge in [-0.2, -0.15) is 5.26 Å². The van der Waals surface area contributed by atoms with Gasteiger partial charge < -0.3 is 14.4 Å². The molecule has 1 aliphatic heterocycles. The van der Waals surface area contributed by atoms with Crippen LogP contribution in [0.2, 0.25) is 0 Å². The molecule has 1 heterocycles. The molecule has 0 radical (unpaired) electrons. The lowest BCUT2D eigenvalue weighted by atomic mass is 10.1. The summed E-state index contributed by atoms with van der Waals surface area (Å²) in [6.45, 7) is 6.26. The quantitative estimate of drug-likeness (QED) is 0.810. The van der Waals surface area contributed by atoms with Gasteiger partial charge in [0, 0.05) is 13.1 Å². The van der Waals surface area contributed by atoms with E-state index in [9.17, 15) is 4.79 Å². The molecule has 0 N–H and O–H groups in total. The highest BCUT2D eigenvalue weighted by atomic mass is 16.6. The average molecular weight is 302 g/mol. The van der Waals surface area contributed by atoms with E-state index in [1.54, 1.807) is 23.1 Å². The Morgan fingerprint density at radius 3 is 2.82 bits per heavy atom. The second-order valence-electron chi connectivity index (χ2n) is 5.71. The summed E-state index contributed by atoms with van der Waals surface area (Å²) in [5.74, 6) is 1.53.